The normalized spacial score (nSPS) is 17.6. The van der Waals surface area contributed by atoms with Gasteiger partial charge in [0.15, 0.2) is 0 Å². The molecule has 0 saturated heterocycles. The number of nitrogens with zero attached hydrogens (tertiary/aromatic N) is 3. The number of nitrogens with one attached hydrogen (secondary N) is 1. The van der Waals surface area contributed by atoms with Crippen molar-refractivity contribution in [3.63, 3.8) is 0 Å². The van der Waals surface area contributed by atoms with E-state index in [4.69, 9.17) is 4.74 Å². The third kappa shape index (κ3) is 3.69. The lowest BCUT2D eigenvalue weighted by Gasteiger charge is -2.26. The number of fused-ring (bicyclic) bond motifs is 1. The van der Waals surface area contributed by atoms with E-state index in [1.165, 1.54) is 0 Å². The van der Waals surface area contributed by atoms with Crippen LogP contribution in [-0.2, 0) is 26.1 Å². The summed E-state index contributed by atoms with van der Waals surface area (Å²) < 4.78 is 45.5. The summed E-state index contributed by atoms with van der Waals surface area (Å²) in [6.07, 6.45) is -3.77. The molecule has 1 N–H and O–H groups in total. The van der Waals surface area contributed by atoms with E-state index in [1.807, 2.05) is 24.3 Å². The molecule has 0 bridgehead atoms. The van der Waals surface area contributed by atoms with Crippen molar-refractivity contribution in [2.24, 2.45) is 5.92 Å². The maximum atomic E-state index is 12.9. The summed E-state index contributed by atoms with van der Waals surface area (Å²) >= 11 is 0. The van der Waals surface area contributed by atoms with Gasteiger partial charge in [-0.25, -0.2) is 0 Å². The van der Waals surface area contributed by atoms with Crippen LogP contribution in [-0.4, -0.2) is 28.1 Å². The summed E-state index contributed by atoms with van der Waals surface area (Å²) in [6, 6.07) is 7.60. The van der Waals surface area contributed by atoms with E-state index in [9.17, 15) is 13.2 Å². The zero-order chi connectivity index (χ0) is 17.2. The molecule has 2 aromatic rings. The van der Waals surface area contributed by atoms with Crippen molar-refractivity contribution in [3.05, 3.63) is 41.5 Å². The van der Waals surface area contributed by atoms with E-state index in [0.717, 1.165) is 11.3 Å². The molecule has 1 aromatic heterocycles. The summed E-state index contributed by atoms with van der Waals surface area (Å²) in [5.74, 6) is 0.647. The van der Waals surface area contributed by atoms with Gasteiger partial charge in [0.25, 0.3) is 0 Å². The third-order valence-corrected chi connectivity index (χ3v) is 4.26. The Balaban J connectivity index is 1.59. The number of benzene rings is 1. The Morgan fingerprint density at radius 2 is 1.96 bits per heavy atom. The second-order valence-electron chi connectivity index (χ2n) is 5.87. The molecule has 0 amide bonds. The van der Waals surface area contributed by atoms with Crippen LogP contribution in [0.15, 0.2) is 24.3 Å². The highest BCUT2D eigenvalue weighted by Crippen LogP contribution is 2.34. The molecule has 5 nitrogen and oxygen atoms in total. The smallest absolute Gasteiger partial charge is 0.393 e. The second kappa shape index (κ2) is 6.80. The van der Waals surface area contributed by atoms with Crippen molar-refractivity contribution < 1.29 is 17.9 Å². The standard InChI is InChI=1S/C16H19F3N4O/c1-24-13-5-2-11(3-6-13)8-20-9-15-22-21-14-7-4-12(10-23(14)15)16(17,18)19/h2-3,5-6,12,20H,4,7-10H2,1H3/t12-/m1/s1. The third-order valence-electron chi connectivity index (χ3n) is 4.26. The van der Waals surface area contributed by atoms with Crippen molar-refractivity contribution in [2.75, 3.05) is 7.11 Å². The quantitative estimate of drug-likeness (QED) is 0.909. The summed E-state index contributed by atoms with van der Waals surface area (Å²) in [6.45, 7) is 0.879. The maximum Gasteiger partial charge on any atom is 0.393 e. The van der Waals surface area contributed by atoms with Crippen LogP contribution in [0.25, 0.3) is 0 Å². The Morgan fingerprint density at radius 1 is 1.21 bits per heavy atom. The molecule has 24 heavy (non-hydrogen) atoms. The van der Waals surface area contributed by atoms with Crippen LogP contribution in [0.2, 0.25) is 0 Å². The number of rotatable bonds is 5. The Morgan fingerprint density at radius 3 is 2.62 bits per heavy atom. The first-order valence-electron chi connectivity index (χ1n) is 7.78. The lowest BCUT2D eigenvalue weighted by molar-refractivity contribution is -0.182. The highest BCUT2D eigenvalue weighted by Gasteiger charge is 2.42. The van der Waals surface area contributed by atoms with Gasteiger partial charge in [-0.05, 0) is 24.1 Å². The minimum Gasteiger partial charge on any atom is -0.497 e. The molecule has 0 fully saturated rings. The number of methoxy groups -OCH3 is 1. The molecule has 0 unspecified atom stereocenters. The summed E-state index contributed by atoms with van der Waals surface area (Å²) in [5.41, 5.74) is 1.06. The van der Waals surface area contributed by atoms with E-state index < -0.39 is 12.1 Å². The van der Waals surface area contributed by atoms with Gasteiger partial charge in [-0.15, -0.1) is 10.2 Å². The van der Waals surface area contributed by atoms with Gasteiger partial charge in [0.05, 0.1) is 19.6 Å². The van der Waals surface area contributed by atoms with Crippen LogP contribution in [0.4, 0.5) is 13.2 Å². The first-order valence-corrected chi connectivity index (χ1v) is 7.78. The van der Waals surface area contributed by atoms with Crippen molar-refractivity contribution in [1.82, 2.24) is 20.1 Å². The Bertz CT molecular complexity index is 682. The van der Waals surface area contributed by atoms with Crippen molar-refractivity contribution in [3.8, 4) is 5.75 Å². The van der Waals surface area contributed by atoms with Crippen LogP contribution in [0, 0.1) is 5.92 Å². The van der Waals surface area contributed by atoms with Gasteiger partial charge >= 0.3 is 6.18 Å². The summed E-state index contributed by atoms with van der Waals surface area (Å²) in [7, 11) is 1.61. The molecule has 0 radical (unpaired) electrons. The van der Waals surface area contributed by atoms with E-state index >= 15 is 0 Å². The zero-order valence-corrected chi connectivity index (χ0v) is 13.3. The Kier molecular flexibility index (Phi) is 4.75. The van der Waals surface area contributed by atoms with E-state index in [-0.39, 0.29) is 13.0 Å². The predicted octanol–water partition coefficient (Wildman–Crippen LogP) is 2.70. The Labute approximate surface area is 137 Å². The largest absolute Gasteiger partial charge is 0.497 e. The lowest BCUT2D eigenvalue weighted by Crippen LogP contribution is -2.33. The molecular weight excluding hydrogens is 321 g/mol. The number of aryl methyl sites for hydroxylation is 1. The first kappa shape index (κ1) is 16.8. The fraction of sp³-hybridized carbons (Fsp3) is 0.500. The summed E-state index contributed by atoms with van der Waals surface area (Å²) in [4.78, 5) is 0. The molecule has 1 aromatic carbocycles. The molecule has 0 aliphatic carbocycles. The highest BCUT2D eigenvalue weighted by molar-refractivity contribution is 5.27. The topological polar surface area (TPSA) is 52.0 Å². The molecule has 2 heterocycles. The zero-order valence-electron chi connectivity index (χ0n) is 13.3. The average molecular weight is 340 g/mol. The van der Waals surface area contributed by atoms with Crippen LogP contribution in [0.5, 0.6) is 5.75 Å². The van der Waals surface area contributed by atoms with E-state index in [1.54, 1.807) is 11.7 Å². The van der Waals surface area contributed by atoms with Crippen LogP contribution in [0.1, 0.15) is 23.6 Å². The molecule has 1 aliphatic rings. The lowest BCUT2D eigenvalue weighted by atomic mass is 9.99. The fourth-order valence-corrected chi connectivity index (χ4v) is 2.84. The second-order valence-corrected chi connectivity index (χ2v) is 5.87. The number of aromatic nitrogens is 3. The van der Waals surface area contributed by atoms with Gasteiger partial charge in [-0.2, -0.15) is 13.2 Å². The average Bonchev–Trinajstić information content (AvgIpc) is 2.97. The number of hydrogen-bond acceptors (Lipinski definition) is 4. The molecule has 0 saturated carbocycles. The number of hydrogen-bond donors (Lipinski definition) is 1. The van der Waals surface area contributed by atoms with Gasteiger partial charge in [0, 0.05) is 19.5 Å². The van der Waals surface area contributed by atoms with E-state index in [2.05, 4.69) is 15.5 Å². The highest BCUT2D eigenvalue weighted by atomic mass is 19.4. The van der Waals surface area contributed by atoms with Crippen molar-refractivity contribution in [1.29, 1.82) is 0 Å². The first-order chi connectivity index (χ1) is 11.5. The van der Waals surface area contributed by atoms with E-state index in [0.29, 0.717) is 31.2 Å². The van der Waals surface area contributed by atoms with Crippen LogP contribution in [0.3, 0.4) is 0 Å². The van der Waals surface area contributed by atoms with Crippen molar-refractivity contribution >= 4 is 0 Å². The van der Waals surface area contributed by atoms with Crippen LogP contribution >= 0.6 is 0 Å². The SMILES string of the molecule is COc1ccc(CNCc2nnc3n2C[C@H](C(F)(F)F)CC3)cc1. The predicted molar refractivity (Wildman–Crippen MR) is 81.4 cm³/mol. The monoisotopic (exact) mass is 340 g/mol. The molecule has 130 valence electrons. The Hall–Kier alpha value is -2.09. The number of ether oxygens (including phenoxy) is 1. The van der Waals surface area contributed by atoms with Gasteiger partial charge in [-0.3, -0.25) is 0 Å². The maximum absolute atomic E-state index is 12.9. The molecular formula is C16H19F3N4O. The minimum absolute atomic E-state index is 0.0842. The van der Waals surface area contributed by atoms with Gasteiger partial charge in [-0.1, -0.05) is 12.1 Å². The van der Waals surface area contributed by atoms with Crippen molar-refractivity contribution in [2.45, 2.75) is 38.7 Å². The molecule has 8 heteroatoms. The van der Waals surface area contributed by atoms with Gasteiger partial charge in [0.2, 0.25) is 0 Å². The number of halogens is 3. The number of alkyl halides is 3. The minimum atomic E-state index is -4.17. The molecule has 3 rings (SSSR count). The molecule has 1 atom stereocenters. The summed E-state index contributed by atoms with van der Waals surface area (Å²) in [5, 5.41) is 11.2. The van der Waals surface area contributed by atoms with Gasteiger partial charge < -0.3 is 14.6 Å². The van der Waals surface area contributed by atoms with Gasteiger partial charge in [0.1, 0.15) is 17.4 Å². The van der Waals surface area contributed by atoms with Crippen LogP contribution < -0.4 is 10.1 Å². The molecule has 0 spiro atoms. The fourth-order valence-electron chi connectivity index (χ4n) is 2.84. The molecule has 1 aliphatic heterocycles.